The van der Waals surface area contributed by atoms with Crippen LogP contribution in [0.1, 0.15) is 24.2 Å². The molecule has 0 aliphatic rings. The van der Waals surface area contributed by atoms with Gasteiger partial charge in [0, 0.05) is 24.9 Å². The van der Waals surface area contributed by atoms with Gasteiger partial charge < -0.3 is 14.6 Å². The zero-order chi connectivity index (χ0) is 14.5. The molecule has 0 radical (unpaired) electrons. The number of benzene rings is 1. The number of methoxy groups -OCH3 is 1. The zero-order valence-corrected chi connectivity index (χ0v) is 12.8. The highest BCUT2D eigenvalue weighted by Crippen LogP contribution is 2.24. The highest BCUT2D eigenvalue weighted by atomic mass is 35.5. The van der Waals surface area contributed by atoms with Crippen LogP contribution >= 0.6 is 11.6 Å². The van der Waals surface area contributed by atoms with E-state index >= 15 is 0 Å². The van der Waals surface area contributed by atoms with E-state index in [1.165, 1.54) is 5.56 Å². The zero-order valence-electron chi connectivity index (χ0n) is 12.1. The number of anilines is 1. The van der Waals surface area contributed by atoms with Gasteiger partial charge in [0.25, 0.3) is 0 Å². The Hall–Kier alpha value is -1.52. The van der Waals surface area contributed by atoms with Gasteiger partial charge in [-0.15, -0.1) is 0 Å². The summed E-state index contributed by atoms with van der Waals surface area (Å²) < 4.78 is 7.19. The molecule has 0 bridgehead atoms. The molecule has 0 amide bonds. The fourth-order valence-electron chi connectivity index (χ4n) is 2.11. The summed E-state index contributed by atoms with van der Waals surface area (Å²) in [4.78, 5) is 4.52. The second-order valence-corrected chi connectivity index (χ2v) is 5.20. The van der Waals surface area contributed by atoms with E-state index in [2.05, 4.69) is 28.0 Å². The van der Waals surface area contributed by atoms with Gasteiger partial charge in [-0.25, -0.2) is 4.98 Å². The number of nitrogens with zero attached hydrogens (tertiary/aromatic N) is 2. The van der Waals surface area contributed by atoms with Crippen LogP contribution in [0.15, 0.2) is 30.5 Å². The molecule has 5 heteroatoms. The predicted octanol–water partition coefficient (Wildman–Crippen LogP) is 3.51. The average molecular weight is 294 g/mol. The summed E-state index contributed by atoms with van der Waals surface area (Å²) in [5, 5.41) is 4.05. The first kappa shape index (κ1) is 14.9. The lowest BCUT2D eigenvalue weighted by molar-refractivity contribution is 0.210. The molecule has 2 aromatic rings. The van der Waals surface area contributed by atoms with Gasteiger partial charge in [-0.3, -0.25) is 0 Å². The Morgan fingerprint density at radius 1 is 1.35 bits per heavy atom. The van der Waals surface area contributed by atoms with Crippen LogP contribution in [0.2, 0.25) is 5.02 Å². The molecule has 0 aliphatic heterocycles. The van der Waals surface area contributed by atoms with E-state index < -0.39 is 0 Å². The van der Waals surface area contributed by atoms with E-state index in [0.29, 0.717) is 6.61 Å². The van der Waals surface area contributed by atoms with Gasteiger partial charge in [-0.2, -0.15) is 0 Å². The van der Waals surface area contributed by atoms with Crippen LogP contribution in [-0.2, 0) is 4.74 Å². The van der Waals surface area contributed by atoms with Crippen molar-refractivity contribution in [2.45, 2.75) is 19.9 Å². The third kappa shape index (κ3) is 3.52. The third-order valence-electron chi connectivity index (χ3n) is 3.21. The van der Waals surface area contributed by atoms with Crippen LogP contribution in [-0.4, -0.2) is 29.8 Å². The van der Waals surface area contributed by atoms with Crippen molar-refractivity contribution in [3.05, 3.63) is 46.7 Å². The first-order chi connectivity index (χ1) is 9.61. The second-order valence-electron chi connectivity index (χ2n) is 4.76. The summed E-state index contributed by atoms with van der Waals surface area (Å²) in [7, 11) is 1.69. The Balaban J connectivity index is 2.20. The summed E-state index contributed by atoms with van der Waals surface area (Å²) in [6.07, 6.45) is 2.05. The molecule has 0 aliphatic carbocycles. The molecule has 1 heterocycles. The summed E-state index contributed by atoms with van der Waals surface area (Å²) >= 11 is 5.94. The largest absolute Gasteiger partial charge is 0.383 e. The number of rotatable bonds is 6. The van der Waals surface area contributed by atoms with Gasteiger partial charge in [0.2, 0.25) is 5.95 Å². The molecule has 108 valence electrons. The monoisotopic (exact) mass is 293 g/mol. The topological polar surface area (TPSA) is 39.1 Å². The minimum atomic E-state index is 0.193. The van der Waals surface area contributed by atoms with Crippen molar-refractivity contribution in [3.8, 4) is 0 Å². The smallest absolute Gasteiger partial charge is 0.203 e. The van der Waals surface area contributed by atoms with Crippen molar-refractivity contribution in [2.75, 3.05) is 25.6 Å². The minimum absolute atomic E-state index is 0.193. The highest BCUT2D eigenvalue weighted by molar-refractivity contribution is 6.30. The van der Waals surface area contributed by atoms with E-state index in [1.54, 1.807) is 7.11 Å². The van der Waals surface area contributed by atoms with Crippen molar-refractivity contribution >= 4 is 17.5 Å². The molecular weight excluding hydrogens is 274 g/mol. The van der Waals surface area contributed by atoms with E-state index in [-0.39, 0.29) is 6.04 Å². The predicted molar refractivity (Wildman–Crippen MR) is 82.6 cm³/mol. The highest BCUT2D eigenvalue weighted by Gasteiger charge is 2.13. The number of aromatic nitrogens is 2. The lowest BCUT2D eigenvalue weighted by Gasteiger charge is -2.17. The number of imidazole rings is 1. The Morgan fingerprint density at radius 2 is 2.05 bits per heavy atom. The molecule has 20 heavy (non-hydrogen) atoms. The molecule has 4 nitrogen and oxygen atoms in total. The fraction of sp³-hybridized carbons (Fsp3) is 0.400. The molecule has 1 aromatic heterocycles. The molecule has 0 saturated heterocycles. The molecule has 1 N–H and O–H groups in total. The van der Waals surface area contributed by atoms with Crippen molar-refractivity contribution in [3.63, 3.8) is 0 Å². The first-order valence-corrected chi connectivity index (χ1v) is 7.03. The van der Waals surface area contributed by atoms with Gasteiger partial charge in [-0.1, -0.05) is 23.7 Å². The van der Waals surface area contributed by atoms with Crippen molar-refractivity contribution in [1.82, 2.24) is 9.55 Å². The van der Waals surface area contributed by atoms with E-state index in [4.69, 9.17) is 16.3 Å². The van der Waals surface area contributed by atoms with Crippen molar-refractivity contribution in [2.24, 2.45) is 0 Å². The average Bonchev–Trinajstić information content (AvgIpc) is 2.80. The SMILES string of the molecule is COCCNc1nc(C)cn1C(C)c1ccc(Cl)cc1. The van der Waals surface area contributed by atoms with Crippen LogP contribution in [0.25, 0.3) is 0 Å². The van der Waals surface area contributed by atoms with Gasteiger partial charge in [0.1, 0.15) is 0 Å². The standard InChI is InChI=1S/C15H20ClN3O/c1-11-10-19(15(18-11)17-8-9-20-3)12(2)13-4-6-14(16)7-5-13/h4-7,10,12H,8-9H2,1-3H3,(H,17,18). The van der Waals surface area contributed by atoms with E-state index in [0.717, 1.165) is 23.2 Å². The summed E-state index contributed by atoms with van der Waals surface area (Å²) in [6.45, 7) is 5.53. The maximum Gasteiger partial charge on any atom is 0.203 e. The van der Waals surface area contributed by atoms with Gasteiger partial charge in [0.05, 0.1) is 18.3 Å². The van der Waals surface area contributed by atoms with Crippen LogP contribution in [0.5, 0.6) is 0 Å². The molecule has 0 spiro atoms. The third-order valence-corrected chi connectivity index (χ3v) is 3.46. The van der Waals surface area contributed by atoms with Gasteiger partial charge in [0.15, 0.2) is 0 Å². The summed E-state index contributed by atoms with van der Waals surface area (Å²) in [6, 6.07) is 8.10. The van der Waals surface area contributed by atoms with Crippen LogP contribution in [0.4, 0.5) is 5.95 Å². The van der Waals surface area contributed by atoms with Crippen LogP contribution in [0.3, 0.4) is 0 Å². The second kappa shape index (κ2) is 6.77. The van der Waals surface area contributed by atoms with Crippen molar-refractivity contribution in [1.29, 1.82) is 0 Å². The normalized spacial score (nSPS) is 12.4. The minimum Gasteiger partial charge on any atom is -0.383 e. The van der Waals surface area contributed by atoms with Gasteiger partial charge in [-0.05, 0) is 31.5 Å². The molecule has 2 rings (SSSR count). The number of ether oxygens (including phenoxy) is 1. The number of aryl methyl sites for hydroxylation is 1. The Morgan fingerprint density at radius 3 is 2.70 bits per heavy atom. The molecule has 1 unspecified atom stereocenters. The molecule has 0 fully saturated rings. The number of hydrogen-bond acceptors (Lipinski definition) is 3. The van der Waals surface area contributed by atoms with Gasteiger partial charge >= 0.3 is 0 Å². The molecule has 1 aromatic carbocycles. The molecule has 1 atom stereocenters. The number of hydrogen-bond donors (Lipinski definition) is 1. The van der Waals surface area contributed by atoms with Crippen LogP contribution < -0.4 is 5.32 Å². The first-order valence-electron chi connectivity index (χ1n) is 6.65. The Kier molecular flexibility index (Phi) is 5.04. The maximum atomic E-state index is 5.94. The fourth-order valence-corrected chi connectivity index (χ4v) is 2.23. The lowest BCUT2D eigenvalue weighted by atomic mass is 10.1. The molecule has 0 saturated carbocycles. The van der Waals surface area contributed by atoms with E-state index in [9.17, 15) is 0 Å². The Bertz CT molecular complexity index is 551. The quantitative estimate of drug-likeness (QED) is 0.828. The summed E-state index contributed by atoms with van der Waals surface area (Å²) in [5.41, 5.74) is 2.19. The maximum absolute atomic E-state index is 5.94. The van der Waals surface area contributed by atoms with Crippen molar-refractivity contribution < 1.29 is 4.74 Å². The molecular formula is C15H20ClN3O. The lowest BCUT2D eigenvalue weighted by Crippen LogP contribution is -2.15. The van der Waals surface area contributed by atoms with E-state index in [1.807, 2.05) is 31.2 Å². The van der Waals surface area contributed by atoms with Crippen LogP contribution in [0, 0.1) is 6.92 Å². The number of halogens is 1. The summed E-state index contributed by atoms with van der Waals surface area (Å²) in [5.74, 6) is 0.863. The Labute approximate surface area is 124 Å². The number of nitrogens with one attached hydrogen (secondary N) is 1.